The maximum atomic E-state index is 14.3. The van der Waals surface area contributed by atoms with Gasteiger partial charge in [0.25, 0.3) is 5.91 Å². The van der Waals surface area contributed by atoms with E-state index in [0.717, 1.165) is 44.3 Å². The van der Waals surface area contributed by atoms with Crippen molar-refractivity contribution in [3.05, 3.63) is 89.7 Å². The van der Waals surface area contributed by atoms with E-state index >= 15 is 0 Å². The Hall–Kier alpha value is -3.94. The first-order valence-electron chi connectivity index (χ1n) is 16.2. The lowest BCUT2D eigenvalue weighted by Crippen LogP contribution is -2.65. The molecule has 8 heteroatoms. The van der Waals surface area contributed by atoms with Gasteiger partial charge in [0.05, 0.1) is 24.2 Å². The van der Waals surface area contributed by atoms with Crippen molar-refractivity contribution in [3.8, 4) is 0 Å². The van der Waals surface area contributed by atoms with Crippen molar-refractivity contribution in [2.24, 2.45) is 28.6 Å². The third kappa shape index (κ3) is 5.55. The number of hydrogen-bond acceptors (Lipinski definition) is 4. The highest BCUT2D eigenvalue weighted by molar-refractivity contribution is 5.95. The first-order chi connectivity index (χ1) is 21.2. The van der Waals surface area contributed by atoms with Crippen LogP contribution in [0.2, 0.25) is 0 Å². The third-order valence-corrected chi connectivity index (χ3v) is 10.6. The van der Waals surface area contributed by atoms with Crippen LogP contribution < -0.4 is 0 Å². The molecule has 2 aromatic carbocycles. The molecule has 1 aliphatic carbocycles. The van der Waals surface area contributed by atoms with Gasteiger partial charge in [0.15, 0.2) is 0 Å². The van der Waals surface area contributed by atoms with Gasteiger partial charge in [0.1, 0.15) is 0 Å². The summed E-state index contributed by atoms with van der Waals surface area (Å²) in [5.41, 5.74) is 2.63. The summed E-state index contributed by atoms with van der Waals surface area (Å²) in [7, 11) is 0. The molecule has 8 nitrogen and oxygen atoms in total. The van der Waals surface area contributed by atoms with Gasteiger partial charge in [-0.2, -0.15) is 5.10 Å². The summed E-state index contributed by atoms with van der Waals surface area (Å²) in [6.45, 7) is 8.37. The first-order valence-corrected chi connectivity index (χ1v) is 16.2. The molecule has 3 aliphatic heterocycles. The molecule has 0 bridgehead atoms. The monoisotopic (exact) mass is 593 g/mol. The fraction of sp³-hybridized carbons (Fsp3) is 0.500. The van der Waals surface area contributed by atoms with Gasteiger partial charge in [-0.3, -0.25) is 19.1 Å². The molecule has 4 heterocycles. The Morgan fingerprint density at radius 3 is 2.14 bits per heavy atom. The highest BCUT2D eigenvalue weighted by Gasteiger charge is 2.62. The predicted octanol–water partition coefficient (Wildman–Crippen LogP) is 4.36. The van der Waals surface area contributed by atoms with Gasteiger partial charge in [0.2, 0.25) is 11.8 Å². The SMILES string of the molecule is CC1(C)C[C@@H]1C(=O)N1CC2(CN(C(=O)c3cnn(Cc4ccccc4)c3)C[C@H]2C(=O)N2CCCC(Cc3ccccc3)C2)C1. The first kappa shape index (κ1) is 28.8. The minimum absolute atomic E-state index is 0.0637. The molecule has 4 fully saturated rings. The quantitative estimate of drug-likeness (QED) is 0.408. The molecule has 0 radical (unpaired) electrons. The molecular formula is C36H43N5O3. The average molecular weight is 594 g/mol. The number of nitrogens with zero attached hydrogens (tertiary/aromatic N) is 5. The van der Waals surface area contributed by atoms with E-state index in [-0.39, 0.29) is 35.0 Å². The molecule has 0 N–H and O–H groups in total. The van der Waals surface area contributed by atoms with Crippen LogP contribution in [0.5, 0.6) is 0 Å². The van der Waals surface area contributed by atoms with Gasteiger partial charge in [-0.15, -0.1) is 0 Å². The number of hydrogen-bond donors (Lipinski definition) is 0. The predicted molar refractivity (Wildman–Crippen MR) is 168 cm³/mol. The standard InChI is InChI=1S/C36H43N5O3/c1-35(2)17-30(35)33(43)40-24-36(25-40)23-39(32(42)29-18-37-41(21-29)20-27-12-7-4-8-13-27)22-31(36)34(44)38-15-9-14-28(19-38)16-26-10-5-3-6-11-26/h3-8,10-13,18,21,28,30-31H,9,14-17,19-20,22-25H2,1-2H3/t28?,30-,31+/m1/s1. The van der Waals surface area contributed by atoms with E-state index in [9.17, 15) is 14.4 Å². The molecule has 1 unspecified atom stereocenters. The number of piperidine rings is 1. The van der Waals surface area contributed by atoms with Crippen LogP contribution in [-0.4, -0.2) is 81.5 Å². The molecule has 3 atom stereocenters. The molecule has 230 valence electrons. The van der Waals surface area contributed by atoms with Crippen molar-refractivity contribution >= 4 is 17.7 Å². The summed E-state index contributed by atoms with van der Waals surface area (Å²) in [5, 5.41) is 4.46. The van der Waals surface area contributed by atoms with Gasteiger partial charge < -0.3 is 14.7 Å². The van der Waals surface area contributed by atoms with Crippen LogP contribution in [0.25, 0.3) is 0 Å². The van der Waals surface area contributed by atoms with E-state index in [4.69, 9.17) is 0 Å². The second-order valence-electron chi connectivity index (χ2n) is 14.4. The minimum Gasteiger partial charge on any atom is -0.342 e. The maximum absolute atomic E-state index is 14.3. The van der Waals surface area contributed by atoms with Crippen molar-refractivity contribution in [1.29, 1.82) is 0 Å². The molecule has 4 aliphatic rings. The van der Waals surface area contributed by atoms with Crippen LogP contribution in [0.4, 0.5) is 0 Å². The van der Waals surface area contributed by atoms with Gasteiger partial charge in [0, 0.05) is 56.8 Å². The zero-order chi connectivity index (χ0) is 30.5. The van der Waals surface area contributed by atoms with Crippen LogP contribution in [0.3, 0.4) is 0 Å². The van der Waals surface area contributed by atoms with Crippen LogP contribution >= 0.6 is 0 Å². The smallest absolute Gasteiger partial charge is 0.257 e. The van der Waals surface area contributed by atoms with Gasteiger partial charge >= 0.3 is 0 Å². The zero-order valence-corrected chi connectivity index (χ0v) is 25.9. The Morgan fingerprint density at radius 2 is 1.45 bits per heavy atom. The summed E-state index contributed by atoms with van der Waals surface area (Å²) < 4.78 is 1.79. The second-order valence-corrected chi connectivity index (χ2v) is 14.4. The molecular weight excluding hydrogens is 550 g/mol. The Balaban J connectivity index is 1.07. The summed E-state index contributed by atoms with van der Waals surface area (Å²) >= 11 is 0. The Labute approximate surface area is 260 Å². The molecule has 44 heavy (non-hydrogen) atoms. The molecule has 7 rings (SSSR count). The van der Waals surface area contributed by atoms with Crippen molar-refractivity contribution in [1.82, 2.24) is 24.5 Å². The topological polar surface area (TPSA) is 78.8 Å². The van der Waals surface area contributed by atoms with Crippen LogP contribution in [0.15, 0.2) is 73.1 Å². The highest BCUT2D eigenvalue weighted by Crippen LogP contribution is 2.55. The Morgan fingerprint density at radius 1 is 0.818 bits per heavy atom. The highest BCUT2D eigenvalue weighted by atomic mass is 16.2. The van der Waals surface area contributed by atoms with E-state index in [1.54, 1.807) is 10.9 Å². The molecule has 3 amide bonds. The van der Waals surface area contributed by atoms with Crippen molar-refractivity contribution in [3.63, 3.8) is 0 Å². The lowest BCUT2D eigenvalue weighted by Gasteiger charge is -2.51. The summed E-state index contributed by atoms with van der Waals surface area (Å²) in [6.07, 6.45) is 7.45. The molecule has 1 aromatic heterocycles. The van der Waals surface area contributed by atoms with Crippen LogP contribution in [0, 0.1) is 28.6 Å². The van der Waals surface area contributed by atoms with E-state index in [2.05, 4.69) is 48.1 Å². The Bertz CT molecular complexity index is 1530. The minimum atomic E-state index is -0.395. The normalized spacial score (nSPS) is 25.1. The van der Waals surface area contributed by atoms with E-state index in [1.807, 2.05) is 52.4 Å². The fourth-order valence-corrected chi connectivity index (χ4v) is 7.88. The number of aromatic nitrogens is 2. The fourth-order valence-electron chi connectivity index (χ4n) is 7.88. The van der Waals surface area contributed by atoms with Crippen molar-refractivity contribution in [2.45, 2.75) is 46.1 Å². The van der Waals surface area contributed by atoms with Crippen molar-refractivity contribution in [2.75, 3.05) is 39.3 Å². The number of likely N-dealkylation sites (tertiary alicyclic amines) is 3. The number of amides is 3. The summed E-state index contributed by atoms with van der Waals surface area (Å²) in [5.74, 6) is 0.461. The number of carbonyl (C=O) groups excluding carboxylic acids is 3. The van der Waals surface area contributed by atoms with Gasteiger partial charge in [-0.1, -0.05) is 74.5 Å². The molecule has 1 saturated carbocycles. The lowest BCUT2D eigenvalue weighted by atomic mass is 9.70. The average Bonchev–Trinajstić information content (AvgIpc) is 3.32. The lowest BCUT2D eigenvalue weighted by molar-refractivity contribution is -0.156. The Kier molecular flexibility index (Phi) is 7.34. The zero-order valence-electron chi connectivity index (χ0n) is 25.9. The van der Waals surface area contributed by atoms with Crippen LogP contribution in [0.1, 0.15) is 54.6 Å². The van der Waals surface area contributed by atoms with E-state index in [0.29, 0.717) is 44.2 Å². The maximum Gasteiger partial charge on any atom is 0.257 e. The molecule has 1 spiro atoms. The third-order valence-electron chi connectivity index (χ3n) is 10.6. The van der Waals surface area contributed by atoms with Crippen molar-refractivity contribution < 1.29 is 14.4 Å². The van der Waals surface area contributed by atoms with Gasteiger partial charge in [-0.25, -0.2) is 0 Å². The van der Waals surface area contributed by atoms with Gasteiger partial charge in [-0.05, 0) is 48.1 Å². The largest absolute Gasteiger partial charge is 0.342 e. The number of carbonyl (C=O) groups is 3. The van der Waals surface area contributed by atoms with E-state index in [1.165, 1.54) is 5.56 Å². The number of rotatable bonds is 7. The molecule has 3 saturated heterocycles. The number of benzene rings is 2. The summed E-state index contributed by atoms with van der Waals surface area (Å²) in [4.78, 5) is 47.3. The van der Waals surface area contributed by atoms with E-state index < -0.39 is 5.41 Å². The second kappa shape index (κ2) is 11.2. The molecule has 3 aromatic rings. The van der Waals surface area contributed by atoms with Crippen LogP contribution in [-0.2, 0) is 22.6 Å². The summed E-state index contributed by atoms with van der Waals surface area (Å²) in [6, 6.07) is 20.6.